The van der Waals surface area contributed by atoms with E-state index in [4.69, 9.17) is 9.47 Å². The van der Waals surface area contributed by atoms with Crippen molar-refractivity contribution in [1.29, 1.82) is 0 Å². The second-order valence-electron chi connectivity index (χ2n) is 4.48. The van der Waals surface area contributed by atoms with E-state index < -0.39 is 6.29 Å². The minimum Gasteiger partial charge on any atom is -0.427 e. The van der Waals surface area contributed by atoms with Gasteiger partial charge in [0.15, 0.2) is 0 Å². The van der Waals surface area contributed by atoms with Crippen LogP contribution in [0.25, 0.3) is 5.57 Å². The number of carbonyl (C=O) groups excluding carboxylic acids is 1. The zero-order valence-electron chi connectivity index (χ0n) is 10.6. The lowest BCUT2D eigenvalue weighted by Gasteiger charge is -2.13. The van der Waals surface area contributed by atoms with Crippen molar-refractivity contribution in [3.05, 3.63) is 39.9 Å². The van der Waals surface area contributed by atoms with E-state index in [1.807, 2.05) is 12.1 Å². The van der Waals surface area contributed by atoms with E-state index in [1.165, 1.54) is 12.7 Å². The molecule has 1 aromatic rings. The van der Waals surface area contributed by atoms with Crippen molar-refractivity contribution in [1.82, 2.24) is 0 Å². The predicted molar refractivity (Wildman–Crippen MR) is 73.3 cm³/mol. The standard InChI is InChI=1S/C14H15BrO3/c1-8(2)9-4-6-10(7-5-9)11-12(15)13(16)18-14(11)17-3/h4-8,14H,1-3H3. The second-order valence-corrected chi connectivity index (χ2v) is 5.27. The summed E-state index contributed by atoms with van der Waals surface area (Å²) in [7, 11) is 1.52. The Balaban J connectivity index is 2.38. The highest BCUT2D eigenvalue weighted by Crippen LogP contribution is 2.35. The zero-order valence-corrected chi connectivity index (χ0v) is 12.2. The van der Waals surface area contributed by atoms with Crippen molar-refractivity contribution in [2.75, 3.05) is 7.11 Å². The number of ether oxygens (including phenoxy) is 2. The molecule has 0 spiro atoms. The fourth-order valence-corrected chi connectivity index (χ4v) is 2.41. The summed E-state index contributed by atoms with van der Waals surface area (Å²) < 4.78 is 10.7. The molecule has 0 aromatic heterocycles. The number of hydrogen-bond acceptors (Lipinski definition) is 3. The summed E-state index contributed by atoms with van der Waals surface area (Å²) >= 11 is 3.26. The van der Waals surface area contributed by atoms with Crippen molar-refractivity contribution >= 4 is 27.5 Å². The van der Waals surface area contributed by atoms with Crippen molar-refractivity contribution < 1.29 is 14.3 Å². The molecular formula is C14H15BrO3. The highest BCUT2D eigenvalue weighted by Gasteiger charge is 2.33. The second kappa shape index (κ2) is 5.24. The van der Waals surface area contributed by atoms with Gasteiger partial charge in [-0.3, -0.25) is 0 Å². The number of halogens is 1. The Kier molecular flexibility index (Phi) is 3.88. The first-order valence-corrected chi connectivity index (χ1v) is 6.57. The Bertz CT molecular complexity index is 488. The Morgan fingerprint density at radius 1 is 1.28 bits per heavy atom. The van der Waals surface area contributed by atoms with E-state index in [0.717, 1.165) is 11.1 Å². The normalized spacial score (nSPS) is 19.6. The van der Waals surface area contributed by atoms with Crippen LogP contribution in [-0.2, 0) is 14.3 Å². The molecule has 0 amide bonds. The number of hydrogen-bond donors (Lipinski definition) is 0. The molecule has 3 nitrogen and oxygen atoms in total. The molecule has 0 aliphatic carbocycles. The molecule has 1 atom stereocenters. The van der Waals surface area contributed by atoms with Crippen LogP contribution in [0.2, 0.25) is 0 Å². The van der Waals surface area contributed by atoms with Gasteiger partial charge in [-0.2, -0.15) is 0 Å². The molecule has 18 heavy (non-hydrogen) atoms. The summed E-state index contributed by atoms with van der Waals surface area (Å²) in [4.78, 5) is 11.5. The van der Waals surface area contributed by atoms with Crippen molar-refractivity contribution in [3.63, 3.8) is 0 Å². The van der Waals surface area contributed by atoms with Crippen LogP contribution < -0.4 is 0 Å². The van der Waals surface area contributed by atoms with E-state index in [9.17, 15) is 4.79 Å². The van der Waals surface area contributed by atoms with Crippen LogP contribution in [0, 0.1) is 0 Å². The minimum atomic E-state index is -0.628. The quantitative estimate of drug-likeness (QED) is 0.802. The Morgan fingerprint density at radius 3 is 2.39 bits per heavy atom. The molecule has 96 valence electrons. The average molecular weight is 311 g/mol. The summed E-state index contributed by atoms with van der Waals surface area (Å²) in [6.07, 6.45) is -0.628. The van der Waals surface area contributed by atoms with Crippen LogP contribution in [0.3, 0.4) is 0 Å². The molecule has 0 fully saturated rings. The van der Waals surface area contributed by atoms with Crippen LogP contribution in [0.1, 0.15) is 30.9 Å². The van der Waals surface area contributed by atoms with Gasteiger partial charge in [-0.1, -0.05) is 38.1 Å². The van der Waals surface area contributed by atoms with Gasteiger partial charge < -0.3 is 9.47 Å². The lowest BCUT2D eigenvalue weighted by Crippen LogP contribution is -2.13. The summed E-state index contributed by atoms with van der Waals surface area (Å²) in [5, 5.41) is 0. The molecule has 2 rings (SSSR count). The van der Waals surface area contributed by atoms with Gasteiger partial charge in [0.1, 0.15) is 4.48 Å². The Hall–Kier alpha value is -1.13. The Labute approximate surface area is 115 Å². The Morgan fingerprint density at radius 2 is 1.89 bits per heavy atom. The number of benzene rings is 1. The average Bonchev–Trinajstić information content (AvgIpc) is 2.65. The largest absolute Gasteiger partial charge is 0.427 e. The molecule has 1 heterocycles. The third-order valence-electron chi connectivity index (χ3n) is 2.97. The van der Waals surface area contributed by atoms with E-state index in [2.05, 4.69) is 41.9 Å². The van der Waals surface area contributed by atoms with Gasteiger partial charge in [-0.15, -0.1) is 0 Å². The van der Waals surface area contributed by atoms with Crippen molar-refractivity contribution in [2.45, 2.75) is 26.1 Å². The maximum atomic E-state index is 11.5. The smallest absolute Gasteiger partial charge is 0.348 e. The van der Waals surface area contributed by atoms with Crippen LogP contribution >= 0.6 is 15.9 Å². The number of rotatable bonds is 3. The fourth-order valence-electron chi connectivity index (χ4n) is 1.90. The monoisotopic (exact) mass is 310 g/mol. The van der Waals surface area contributed by atoms with Crippen LogP contribution in [0.15, 0.2) is 28.7 Å². The van der Waals surface area contributed by atoms with Gasteiger partial charge in [0, 0.05) is 12.7 Å². The lowest BCUT2D eigenvalue weighted by molar-refractivity contribution is -0.153. The highest BCUT2D eigenvalue weighted by molar-refractivity contribution is 9.12. The lowest BCUT2D eigenvalue weighted by atomic mass is 9.99. The minimum absolute atomic E-state index is 0.384. The van der Waals surface area contributed by atoms with Crippen LogP contribution in [-0.4, -0.2) is 19.4 Å². The van der Waals surface area contributed by atoms with Gasteiger partial charge in [-0.05, 0) is 33.0 Å². The summed E-state index contributed by atoms with van der Waals surface area (Å²) in [6.45, 7) is 4.29. The van der Waals surface area contributed by atoms with E-state index in [1.54, 1.807) is 0 Å². The maximum Gasteiger partial charge on any atom is 0.348 e. The van der Waals surface area contributed by atoms with Gasteiger partial charge in [0.25, 0.3) is 0 Å². The molecule has 4 heteroatoms. The van der Waals surface area contributed by atoms with E-state index >= 15 is 0 Å². The molecule has 1 aliphatic rings. The van der Waals surface area contributed by atoms with Gasteiger partial charge in [0.2, 0.25) is 6.29 Å². The predicted octanol–water partition coefficient (Wildman–Crippen LogP) is 3.45. The van der Waals surface area contributed by atoms with E-state index in [-0.39, 0.29) is 5.97 Å². The number of carbonyl (C=O) groups is 1. The van der Waals surface area contributed by atoms with E-state index in [0.29, 0.717) is 10.4 Å². The molecule has 1 aromatic carbocycles. The van der Waals surface area contributed by atoms with Gasteiger partial charge in [-0.25, -0.2) is 4.79 Å². The fraction of sp³-hybridized carbons (Fsp3) is 0.357. The molecule has 0 saturated carbocycles. The van der Waals surface area contributed by atoms with Crippen molar-refractivity contribution in [3.8, 4) is 0 Å². The summed E-state index contributed by atoms with van der Waals surface area (Å²) in [5.41, 5.74) is 2.94. The number of cyclic esters (lactones) is 1. The molecule has 1 unspecified atom stereocenters. The molecule has 1 aliphatic heterocycles. The summed E-state index contributed by atoms with van der Waals surface area (Å²) in [5.74, 6) is 0.0981. The highest BCUT2D eigenvalue weighted by atomic mass is 79.9. The maximum absolute atomic E-state index is 11.5. The first-order valence-electron chi connectivity index (χ1n) is 5.78. The topological polar surface area (TPSA) is 35.5 Å². The SMILES string of the molecule is COC1OC(=O)C(Br)=C1c1ccc(C(C)C)cc1. The molecule has 0 bridgehead atoms. The molecular weight excluding hydrogens is 296 g/mol. The third kappa shape index (κ3) is 2.35. The molecule has 0 N–H and O–H groups in total. The van der Waals surface area contributed by atoms with Gasteiger partial charge >= 0.3 is 5.97 Å². The first kappa shape index (κ1) is 13.3. The number of esters is 1. The third-order valence-corrected chi connectivity index (χ3v) is 3.72. The van der Waals surface area contributed by atoms with Crippen LogP contribution in [0.4, 0.5) is 0 Å². The molecule has 0 saturated heterocycles. The van der Waals surface area contributed by atoms with Crippen molar-refractivity contribution in [2.24, 2.45) is 0 Å². The first-order chi connectivity index (χ1) is 8.54. The van der Waals surface area contributed by atoms with Gasteiger partial charge in [0.05, 0.1) is 0 Å². The number of methoxy groups -OCH3 is 1. The molecule has 0 radical (unpaired) electrons. The van der Waals surface area contributed by atoms with Crippen LogP contribution in [0.5, 0.6) is 0 Å². The zero-order chi connectivity index (χ0) is 13.3. The summed E-state index contributed by atoms with van der Waals surface area (Å²) in [6, 6.07) is 8.09.